The topological polar surface area (TPSA) is 26.9 Å². The maximum atomic E-state index is 10.9. The highest BCUT2D eigenvalue weighted by Gasteiger charge is 1.93. The minimum absolute atomic E-state index is 0.0532. The van der Waals surface area contributed by atoms with Crippen LogP contribution in [0.25, 0.3) is 0 Å². The molecular formula is C6H10N2O. The summed E-state index contributed by atoms with van der Waals surface area (Å²) in [5.41, 5.74) is 0.0532. The molecule has 0 radical (unpaired) electrons. The van der Waals surface area contributed by atoms with Crippen LogP contribution in [0.5, 0.6) is 0 Å². The average Bonchev–Trinajstić information content (AvgIpc) is 2.15. The Morgan fingerprint density at radius 3 is 2.44 bits per heavy atom. The molecule has 0 aliphatic heterocycles. The summed E-state index contributed by atoms with van der Waals surface area (Å²) < 4.78 is 3.21. The van der Waals surface area contributed by atoms with Gasteiger partial charge >= 0.3 is 5.69 Å². The highest BCUT2D eigenvalue weighted by molar-refractivity contribution is 4.78. The number of aromatic nitrogens is 2. The maximum Gasteiger partial charge on any atom is 0.327 e. The van der Waals surface area contributed by atoms with Gasteiger partial charge in [0.2, 0.25) is 0 Å². The summed E-state index contributed by atoms with van der Waals surface area (Å²) in [5.74, 6) is 0. The molecule has 0 aliphatic rings. The second kappa shape index (κ2) is 2.09. The van der Waals surface area contributed by atoms with Crippen molar-refractivity contribution < 1.29 is 0 Å². The fourth-order valence-electron chi connectivity index (χ4n) is 0.751. The van der Waals surface area contributed by atoms with Crippen molar-refractivity contribution in [3.8, 4) is 0 Å². The van der Waals surface area contributed by atoms with Crippen molar-refractivity contribution in [1.82, 2.24) is 9.13 Å². The maximum absolute atomic E-state index is 10.9. The second-order valence-corrected chi connectivity index (χ2v) is 1.98. The molecule has 0 aromatic carbocycles. The molecule has 3 nitrogen and oxygen atoms in total. The normalized spacial score (nSPS) is 10.0. The van der Waals surface area contributed by atoms with E-state index in [1.165, 1.54) is 0 Å². The van der Waals surface area contributed by atoms with Crippen molar-refractivity contribution in [2.75, 3.05) is 0 Å². The molecule has 0 saturated heterocycles. The zero-order valence-electron chi connectivity index (χ0n) is 5.66. The van der Waals surface area contributed by atoms with Crippen molar-refractivity contribution in [1.29, 1.82) is 0 Å². The van der Waals surface area contributed by atoms with Gasteiger partial charge in [0.15, 0.2) is 0 Å². The minimum Gasteiger partial charge on any atom is -0.302 e. The highest BCUT2D eigenvalue weighted by atomic mass is 16.1. The van der Waals surface area contributed by atoms with Crippen LogP contribution in [0.15, 0.2) is 17.2 Å². The summed E-state index contributed by atoms with van der Waals surface area (Å²) in [7, 11) is 1.74. The summed E-state index contributed by atoms with van der Waals surface area (Å²) in [6, 6.07) is 0. The Morgan fingerprint density at radius 1 is 1.56 bits per heavy atom. The summed E-state index contributed by atoms with van der Waals surface area (Å²) in [5, 5.41) is 0. The van der Waals surface area contributed by atoms with Gasteiger partial charge in [-0.15, -0.1) is 0 Å². The molecule has 0 bridgehead atoms. The Hall–Kier alpha value is -0.990. The molecule has 0 unspecified atom stereocenters. The first kappa shape index (κ1) is 6.13. The number of rotatable bonds is 1. The third-order valence-corrected chi connectivity index (χ3v) is 1.36. The van der Waals surface area contributed by atoms with E-state index in [4.69, 9.17) is 0 Å². The Kier molecular flexibility index (Phi) is 1.42. The van der Waals surface area contributed by atoms with Crippen LogP contribution in [0.1, 0.15) is 6.92 Å². The Bertz CT molecular complexity index is 246. The van der Waals surface area contributed by atoms with E-state index in [-0.39, 0.29) is 5.69 Å². The van der Waals surface area contributed by atoms with E-state index in [0.717, 1.165) is 6.54 Å². The lowest BCUT2D eigenvalue weighted by Gasteiger charge is -1.89. The highest BCUT2D eigenvalue weighted by Crippen LogP contribution is 1.78. The van der Waals surface area contributed by atoms with E-state index >= 15 is 0 Å². The van der Waals surface area contributed by atoms with E-state index in [9.17, 15) is 4.79 Å². The van der Waals surface area contributed by atoms with Crippen molar-refractivity contribution in [2.24, 2.45) is 7.05 Å². The van der Waals surface area contributed by atoms with Gasteiger partial charge < -0.3 is 4.57 Å². The van der Waals surface area contributed by atoms with E-state index < -0.39 is 0 Å². The quantitative estimate of drug-likeness (QED) is 0.528. The standard InChI is InChI=1S/C6H10N2O/c1-3-8-5-4-7(2)6(8)9/h4-5H,3H2,1-2H3. The van der Waals surface area contributed by atoms with Gasteiger partial charge in [-0.05, 0) is 6.92 Å². The van der Waals surface area contributed by atoms with Crippen molar-refractivity contribution in [3.05, 3.63) is 22.9 Å². The van der Waals surface area contributed by atoms with Gasteiger partial charge in [0.1, 0.15) is 0 Å². The third kappa shape index (κ3) is 0.896. The first-order valence-corrected chi connectivity index (χ1v) is 2.97. The molecule has 0 fully saturated rings. The first-order chi connectivity index (χ1) is 4.25. The number of imidazole rings is 1. The predicted molar refractivity (Wildman–Crippen MR) is 35.3 cm³/mol. The van der Waals surface area contributed by atoms with Gasteiger partial charge in [0.25, 0.3) is 0 Å². The first-order valence-electron chi connectivity index (χ1n) is 2.97. The van der Waals surface area contributed by atoms with E-state index in [0.29, 0.717) is 0 Å². The zero-order chi connectivity index (χ0) is 6.85. The lowest BCUT2D eigenvalue weighted by atomic mass is 10.7. The van der Waals surface area contributed by atoms with E-state index in [2.05, 4.69) is 0 Å². The molecule has 0 aliphatic carbocycles. The molecule has 1 aromatic rings. The monoisotopic (exact) mass is 126 g/mol. The van der Waals surface area contributed by atoms with Gasteiger partial charge in [-0.2, -0.15) is 0 Å². The molecule has 1 heterocycles. The number of nitrogens with zero attached hydrogens (tertiary/aromatic N) is 2. The van der Waals surface area contributed by atoms with Gasteiger partial charge in [-0.3, -0.25) is 4.57 Å². The average molecular weight is 126 g/mol. The molecule has 0 N–H and O–H groups in total. The predicted octanol–water partition coefficient (Wildman–Crippen LogP) is 0.207. The SMILES string of the molecule is CCn1ccn(C)c1=O. The molecule has 0 atom stereocenters. The summed E-state index contributed by atoms with van der Waals surface area (Å²) in [6.45, 7) is 2.70. The molecule has 3 heteroatoms. The van der Waals surface area contributed by atoms with Crippen LogP contribution in [0, 0.1) is 0 Å². The van der Waals surface area contributed by atoms with Crippen LogP contribution in [-0.4, -0.2) is 9.13 Å². The van der Waals surface area contributed by atoms with E-state index in [1.807, 2.05) is 6.92 Å². The summed E-state index contributed by atoms with van der Waals surface area (Å²) in [6.07, 6.45) is 3.54. The second-order valence-electron chi connectivity index (χ2n) is 1.98. The number of hydrogen-bond acceptors (Lipinski definition) is 1. The lowest BCUT2D eigenvalue weighted by Crippen LogP contribution is -2.20. The van der Waals surface area contributed by atoms with Crippen molar-refractivity contribution in [2.45, 2.75) is 13.5 Å². The molecule has 1 rings (SSSR count). The van der Waals surface area contributed by atoms with Gasteiger partial charge in [0, 0.05) is 26.0 Å². The molecular weight excluding hydrogens is 116 g/mol. The molecule has 0 amide bonds. The Labute approximate surface area is 53.5 Å². The van der Waals surface area contributed by atoms with Crippen LogP contribution >= 0.6 is 0 Å². The summed E-state index contributed by atoms with van der Waals surface area (Å²) >= 11 is 0. The summed E-state index contributed by atoms with van der Waals surface area (Å²) in [4.78, 5) is 10.9. The van der Waals surface area contributed by atoms with Gasteiger partial charge in [-0.25, -0.2) is 4.79 Å². The van der Waals surface area contributed by atoms with Crippen LogP contribution < -0.4 is 5.69 Å². The zero-order valence-corrected chi connectivity index (χ0v) is 5.66. The Balaban J connectivity index is 3.20. The number of aryl methyl sites for hydroxylation is 2. The smallest absolute Gasteiger partial charge is 0.302 e. The Morgan fingerprint density at radius 2 is 2.22 bits per heavy atom. The van der Waals surface area contributed by atoms with Crippen molar-refractivity contribution >= 4 is 0 Å². The largest absolute Gasteiger partial charge is 0.327 e. The number of hydrogen-bond donors (Lipinski definition) is 0. The fraction of sp³-hybridized carbons (Fsp3) is 0.500. The molecule has 1 aromatic heterocycles. The van der Waals surface area contributed by atoms with Crippen molar-refractivity contribution in [3.63, 3.8) is 0 Å². The molecule has 0 spiro atoms. The fourth-order valence-corrected chi connectivity index (χ4v) is 0.751. The van der Waals surface area contributed by atoms with Gasteiger partial charge in [0.05, 0.1) is 0 Å². The third-order valence-electron chi connectivity index (χ3n) is 1.36. The van der Waals surface area contributed by atoms with Gasteiger partial charge in [-0.1, -0.05) is 0 Å². The molecule has 50 valence electrons. The van der Waals surface area contributed by atoms with Crippen LogP contribution in [0.3, 0.4) is 0 Å². The van der Waals surface area contributed by atoms with Crippen LogP contribution in [0.4, 0.5) is 0 Å². The lowest BCUT2D eigenvalue weighted by molar-refractivity contribution is 0.694. The van der Waals surface area contributed by atoms with Crippen LogP contribution in [-0.2, 0) is 13.6 Å². The van der Waals surface area contributed by atoms with Crippen LogP contribution in [0.2, 0.25) is 0 Å². The minimum atomic E-state index is 0.0532. The molecule has 0 saturated carbocycles. The molecule has 9 heavy (non-hydrogen) atoms. The van der Waals surface area contributed by atoms with E-state index in [1.54, 1.807) is 28.6 Å².